The zero-order valence-electron chi connectivity index (χ0n) is 10.9. The van der Waals surface area contributed by atoms with Crippen LogP contribution >= 0.6 is 11.6 Å². The molecule has 1 saturated carbocycles. The number of rotatable bonds is 6. The largest absolute Gasteiger partial charge is 0.338 e. The van der Waals surface area contributed by atoms with E-state index >= 15 is 0 Å². The predicted octanol–water partition coefficient (Wildman–Crippen LogP) is 3.29. The summed E-state index contributed by atoms with van der Waals surface area (Å²) >= 11 is 5.80. The Balaban J connectivity index is 2.66. The first kappa shape index (κ1) is 13.8. The van der Waals surface area contributed by atoms with E-state index in [-0.39, 0.29) is 11.3 Å². The molecule has 0 spiro atoms. The van der Waals surface area contributed by atoms with Crippen LogP contribution in [0.4, 0.5) is 0 Å². The smallest absolute Gasteiger partial charge is 0.226 e. The van der Waals surface area contributed by atoms with Crippen LogP contribution in [0.2, 0.25) is 0 Å². The Bertz CT molecular complexity index is 248. The predicted molar refractivity (Wildman–Crippen MR) is 68.7 cm³/mol. The van der Waals surface area contributed by atoms with Gasteiger partial charge in [0.1, 0.15) is 0 Å². The number of carbonyl (C=O) groups excluding carboxylic acids is 1. The highest BCUT2D eigenvalue weighted by Gasteiger charge is 2.52. The van der Waals surface area contributed by atoms with Crippen LogP contribution in [0, 0.1) is 11.3 Å². The quantitative estimate of drug-likeness (QED) is 0.658. The van der Waals surface area contributed by atoms with E-state index in [1.54, 1.807) is 0 Å². The first-order chi connectivity index (χ1) is 7.47. The molecule has 0 saturated heterocycles. The zero-order valence-corrected chi connectivity index (χ0v) is 11.7. The molecule has 0 aromatic rings. The van der Waals surface area contributed by atoms with E-state index < -0.39 is 0 Å². The molecule has 1 fully saturated rings. The van der Waals surface area contributed by atoms with Gasteiger partial charge in [-0.2, -0.15) is 0 Å². The minimum Gasteiger partial charge on any atom is -0.338 e. The van der Waals surface area contributed by atoms with E-state index in [4.69, 9.17) is 11.6 Å². The summed E-state index contributed by atoms with van der Waals surface area (Å²) in [6, 6.07) is 0.364. The monoisotopic (exact) mass is 245 g/mol. The fraction of sp³-hybridized carbons (Fsp3) is 0.923. The molecule has 0 radical (unpaired) electrons. The molecule has 1 rings (SSSR count). The molecule has 1 amide bonds. The van der Waals surface area contributed by atoms with Gasteiger partial charge in [-0.1, -0.05) is 27.7 Å². The van der Waals surface area contributed by atoms with Gasteiger partial charge in [-0.05, 0) is 24.7 Å². The summed E-state index contributed by atoms with van der Waals surface area (Å²) in [5.41, 5.74) is 0.216. The van der Waals surface area contributed by atoms with E-state index in [0.29, 0.717) is 24.4 Å². The van der Waals surface area contributed by atoms with Gasteiger partial charge >= 0.3 is 0 Å². The van der Waals surface area contributed by atoms with Crippen LogP contribution in [0.25, 0.3) is 0 Å². The molecule has 94 valence electrons. The normalized spacial score (nSPS) is 22.2. The van der Waals surface area contributed by atoms with Gasteiger partial charge in [0.25, 0.3) is 0 Å². The molecule has 0 heterocycles. The number of hydrogen-bond acceptors (Lipinski definition) is 1. The summed E-state index contributed by atoms with van der Waals surface area (Å²) in [6.45, 7) is 9.31. The first-order valence-electron chi connectivity index (χ1n) is 6.34. The lowest BCUT2D eigenvalue weighted by atomic mass is 10.1. The Kier molecular flexibility index (Phi) is 4.66. The minimum atomic E-state index is 0.216. The molecule has 1 atom stereocenters. The maximum atomic E-state index is 12.3. The van der Waals surface area contributed by atoms with Gasteiger partial charge in [-0.3, -0.25) is 4.79 Å². The molecule has 0 aromatic heterocycles. The van der Waals surface area contributed by atoms with Crippen molar-refractivity contribution >= 4 is 17.5 Å². The highest BCUT2D eigenvalue weighted by Crippen LogP contribution is 2.52. The van der Waals surface area contributed by atoms with Crippen LogP contribution in [0.3, 0.4) is 0 Å². The topological polar surface area (TPSA) is 20.3 Å². The van der Waals surface area contributed by atoms with Crippen LogP contribution < -0.4 is 0 Å². The van der Waals surface area contributed by atoms with Gasteiger partial charge in [-0.25, -0.2) is 0 Å². The molecule has 0 N–H and O–H groups in total. The van der Waals surface area contributed by atoms with Crippen LogP contribution in [-0.4, -0.2) is 29.3 Å². The van der Waals surface area contributed by atoms with Crippen LogP contribution in [-0.2, 0) is 4.79 Å². The van der Waals surface area contributed by atoms with E-state index in [1.807, 2.05) is 4.90 Å². The van der Waals surface area contributed by atoms with Crippen LogP contribution in [0.5, 0.6) is 0 Å². The zero-order chi connectivity index (χ0) is 12.3. The van der Waals surface area contributed by atoms with Gasteiger partial charge in [0.05, 0.1) is 0 Å². The van der Waals surface area contributed by atoms with E-state index in [1.165, 1.54) is 0 Å². The molecule has 1 aliphatic carbocycles. The highest BCUT2D eigenvalue weighted by atomic mass is 35.5. The van der Waals surface area contributed by atoms with Crippen molar-refractivity contribution in [1.82, 2.24) is 4.90 Å². The molecule has 1 unspecified atom stereocenters. The Morgan fingerprint density at radius 1 is 1.44 bits per heavy atom. The summed E-state index contributed by atoms with van der Waals surface area (Å²) in [5.74, 6) is 1.09. The molecule has 0 aromatic carbocycles. The summed E-state index contributed by atoms with van der Waals surface area (Å²) in [5, 5.41) is 0. The molecule has 0 bridgehead atoms. The molecule has 1 aliphatic rings. The summed E-state index contributed by atoms with van der Waals surface area (Å²) < 4.78 is 0. The van der Waals surface area contributed by atoms with E-state index in [2.05, 4.69) is 27.7 Å². The van der Waals surface area contributed by atoms with Gasteiger partial charge in [0, 0.05) is 24.4 Å². The number of hydrogen-bond donors (Lipinski definition) is 0. The van der Waals surface area contributed by atoms with Crippen molar-refractivity contribution in [2.75, 3.05) is 12.4 Å². The van der Waals surface area contributed by atoms with Gasteiger partial charge in [0.15, 0.2) is 0 Å². The SMILES string of the molecule is CCC(CC)N(CCCl)C(=O)C1CC1(C)C. The highest BCUT2D eigenvalue weighted by molar-refractivity contribution is 6.18. The second-order valence-electron chi connectivity index (χ2n) is 5.44. The maximum absolute atomic E-state index is 12.3. The van der Waals surface area contributed by atoms with Crippen molar-refractivity contribution in [3.05, 3.63) is 0 Å². The standard InChI is InChI=1S/C13H24ClNO/c1-5-10(6-2)15(8-7-14)12(16)11-9-13(11,3)4/h10-11H,5-9H2,1-4H3. The second-order valence-corrected chi connectivity index (χ2v) is 5.81. The second kappa shape index (κ2) is 5.39. The third-order valence-electron chi connectivity index (χ3n) is 3.80. The maximum Gasteiger partial charge on any atom is 0.226 e. The summed E-state index contributed by atoms with van der Waals surface area (Å²) in [7, 11) is 0. The minimum absolute atomic E-state index is 0.216. The third kappa shape index (κ3) is 2.91. The van der Waals surface area contributed by atoms with Crippen molar-refractivity contribution < 1.29 is 4.79 Å². The van der Waals surface area contributed by atoms with Crippen molar-refractivity contribution in [2.24, 2.45) is 11.3 Å². The molecule has 0 aliphatic heterocycles. The van der Waals surface area contributed by atoms with Crippen molar-refractivity contribution in [2.45, 2.75) is 53.0 Å². The summed E-state index contributed by atoms with van der Waals surface area (Å²) in [4.78, 5) is 14.3. The number of carbonyl (C=O) groups is 1. The van der Waals surface area contributed by atoms with E-state index in [0.717, 1.165) is 19.3 Å². The Morgan fingerprint density at radius 3 is 2.25 bits per heavy atom. The molecular weight excluding hydrogens is 222 g/mol. The number of halogens is 1. The molecule has 16 heavy (non-hydrogen) atoms. The Labute approximate surface area is 104 Å². The lowest BCUT2D eigenvalue weighted by molar-refractivity contribution is -0.135. The molecular formula is C13H24ClNO. The first-order valence-corrected chi connectivity index (χ1v) is 6.87. The third-order valence-corrected chi connectivity index (χ3v) is 3.97. The van der Waals surface area contributed by atoms with Gasteiger partial charge in [0.2, 0.25) is 5.91 Å². The molecule has 2 nitrogen and oxygen atoms in total. The average Bonchev–Trinajstić information content (AvgIpc) is 2.87. The van der Waals surface area contributed by atoms with Crippen molar-refractivity contribution in [3.8, 4) is 0 Å². The number of amides is 1. The lowest BCUT2D eigenvalue weighted by Crippen LogP contribution is -2.42. The van der Waals surface area contributed by atoms with Gasteiger partial charge in [-0.15, -0.1) is 11.6 Å². The Hall–Kier alpha value is -0.240. The van der Waals surface area contributed by atoms with Crippen LogP contribution in [0.1, 0.15) is 47.0 Å². The molecule has 3 heteroatoms. The lowest BCUT2D eigenvalue weighted by Gasteiger charge is -2.30. The average molecular weight is 246 g/mol. The van der Waals surface area contributed by atoms with Crippen molar-refractivity contribution in [1.29, 1.82) is 0 Å². The van der Waals surface area contributed by atoms with Gasteiger partial charge < -0.3 is 4.90 Å². The van der Waals surface area contributed by atoms with Crippen LogP contribution in [0.15, 0.2) is 0 Å². The number of nitrogens with zero attached hydrogens (tertiary/aromatic N) is 1. The fourth-order valence-corrected chi connectivity index (χ4v) is 2.56. The fourth-order valence-electron chi connectivity index (χ4n) is 2.38. The van der Waals surface area contributed by atoms with Crippen molar-refractivity contribution in [3.63, 3.8) is 0 Å². The number of alkyl halides is 1. The Morgan fingerprint density at radius 2 is 1.94 bits per heavy atom. The van der Waals surface area contributed by atoms with E-state index in [9.17, 15) is 4.79 Å². The summed E-state index contributed by atoms with van der Waals surface area (Å²) in [6.07, 6.45) is 3.07.